The number of nitrogens with zero attached hydrogens (tertiary/aromatic N) is 2. The third-order valence-corrected chi connectivity index (χ3v) is 8.52. The molecule has 1 saturated heterocycles. The quantitative estimate of drug-likeness (QED) is 0.585. The molecule has 8 heteroatoms. The Labute approximate surface area is 183 Å². The van der Waals surface area contributed by atoms with E-state index in [1.54, 1.807) is 35.6 Å². The molecule has 0 bridgehead atoms. The first-order valence-electron chi connectivity index (χ1n) is 10.5. The summed E-state index contributed by atoms with van der Waals surface area (Å²) < 4.78 is 32.3. The van der Waals surface area contributed by atoms with Gasteiger partial charge in [-0.25, -0.2) is 8.42 Å². The molecule has 6 nitrogen and oxygen atoms in total. The molecular weight excluding hydrogens is 420 g/mol. The molecular formula is C22H30N2O4S2. The lowest BCUT2D eigenvalue weighted by Gasteiger charge is -2.34. The van der Waals surface area contributed by atoms with E-state index >= 15 is 0 Å². The van der Waals surface area contributed by atoms with Gasteiger partial charge in [-0.2, -0.15) is 4.31 Å². The van der Waals surface area contributed by atoms with E-state index in [1.807, 2.05) is 30.2 Å². The predicted molar refractivity (Wildman–Crippen MR) is 119 cm³/mol. The second kappa shape index (κ2) is 10.5. The molecule has 1 amide bonds. The zero-order valence-electron chi connectivity index (χ0n) is 17.6. The van der Waals surface area contributed by atoms with Crippen LogP contribution in [0.5, 0.6) is 0 Å². The molecule has 2 aromatic rings. The second-order valence-electron chi connectivity index (χ2n) is 7.29. The molecule has 1 aromatic carbocycles. The fourth-order valence-electron chi connectivity index (χ4n) is 3.78. The fourth-order valence-corrected chi connectivity index (χ4v) is 5.94. The minimum atomic E-state index is -3.53. The molecule has 2 heterocycles. The van der Waals surface area contributed by atoms with Crippen LogP contribution in [0.15, 0.2) is 46.7 Å². The van der Waals surface area contributed by atoms with E-state index in [0.717, 1.165) is 19.3 Å². The normalized spacial score (nSPS) is 15.4. The average Bonchev–Trinajstić information content (AvgIpc) is 3.29. The lowest BCUT2D eigenvalue weighted by atomic mass is 10.0. The Hall–Kier alpha value is -1.74. The molecule has 164 valence electrons. The number of benzene rings is 1. The van der Waals surface area contributed by atoms with E-state index in [4.69, 9.17) is 4.74 Å². The highest BCUT2D eigenvalue weighted by molar-refractivity contribution is 7.89. The number of hydrogen-bond acceptors (Lipinski definition) is 5. The maximum absolute atomic E-state index is 13.3. The largest absolute Gasteiger partial charge is 0.381 e. The molecule has 0 spiro atoms. The van der Waals surface area contributed by atoms with Crippen LogP contribution in [0.25, 0.3) is 0 Å². The minimum absolute atomic E-state index is 0.0507. The van der Waals surface area contributed by atoms with Crippen molar-refractivity contribution in [2.75, 3.05) is 32.8 Å². The Kier molecular flexibility index (Phi) is 8.05. The Balaban J connectivity index is 1.79. The Morgan fingerprint density at radius 2 is 1.77 bits per heavy atom. The van der Waals surface area contributed by atoms with Gasteiger partial charge in [0, 0.05) is 49.3 Å². The maximum atomic E-state index is 13.3. The summed E-state index contributed by atoms with van der Waals surface area (Å²) >= 11 is 1.70. The minimum Gasteiger partial charge on any atom is -0.381 e. The van der Waals surface area contributed by atoms with Gasteiger partial charge in [-0.05, 0) is 55.0 Å². The van der Waals surface area contributed by atoms with E-state index < -0.39 is 10.0 Å². The van der Waals surface area contributed by atoms with Gasteiger partial charge in [-0.3, -0.25) is 4.79 Å². The molecule has 0 atom stereocenters. The number of carbonyl (C=O) groups excluding carboxylic acids is 1. The van der Waals surface area contributed by atoms with Crippen molar-refractivity contribution in [3.8, 4) is 0 Å². The van der Waals surface area contributed by atoms with Crippen LogP contribution in [0, 0.1) is 0 Å². The lowest BCUT2D eigenvalue weighted by molar-refractivity contribution is 0.0294. The summed E-state index contributed by atoms with van der Waals surface area (Å²) in [4.78, 5) is 16.8. The number of hydrogen-bond donors (Lipinski definition) is 0. The molecule has 1 fully saturated rings. The summed E-state index contributed by atoms with van der Waals surface area (Å²) in [5.41, 5.74) is 0.520. The van der Waals surface area contributed by atoms with Crippen LogP contribution in [0.1, 0.15) is 41.9 Å². The highest BCUT2D eigenvalue weighted by Gasteiger charge is 2.27. The van der Waals surface area contributed by atoms with Gasteiger partial charge in [0.1, 0.15) is 0 Å². The van der Waals surface area contributed by atoms with Crippen LogP contribution in [-0.4, -0.2) is 62.4 Å². The van der Waals surface area contributed by atoms with E-state index in [2.05, 4.69) is 6.07 Å². The average molecular weight is 451 g/mol. The fraction of sp³-hybridized carbons (Fsp3) is 0.500. The third-order valence-electron chi connectivity index (χ3n) is 5.52. The highest BCUT2D eigenvalue weighted by atomic mass is 32.2. The highest BCUT2D eigenvalue weighted by Crippen LogP contribution is 2.21. The van der Waals surface area contributed by atoms with Crippen LogP contribution in [0.4, 0.5) is 0 Å². The number of amides is 1. The summed E-state index contributed by atoms with van der Waals surface area (Å²) in [5.74, 6) is -0.0507. The SMILES string of the molecule is CCN(CC)S(=O)(=O)c1ccc(C(=O)N(CCc2cccs2)C2CCOCC2)cc1. The molecule has 0 aliphatic carbocycles. The first-order valence-corrected chi connectivity index (χ1v) is 12.8. The Bertz CT molecular complexity index is 901. The van der Waals surface area contributed by atoms with Crippen LogP contribution < -0.4 is 0 Å². The van der Waals surface area contributed by atoms with Gasteiger partial charge in [0.15, 0.2) is 0 Å². The van der Waals surface area contributed by atoms with Crippen molar-refractivity contribution in [1.29, 1.82) is 0 Å². The van der Waals surface area contributed by atoms with Crippen molar-refractivity contribution in [3.63, 3.8) is 0 Å². The topological polar surface area (TPSA) is 66.9 Å². The van der Waals surface area contributed by atoms with Gasteiger partial charge in [0.2, 0.25) is 10.0 Å². The summed E-state index contributed by atoms with van der Waals surface area (Å²) in [6.07, 6.45) is 2.46. The van der Waals surface area contributed by atoms with Crippen LogP contribution in [0.3, 0.4) is 0 Å². The zero-order valence-corrected chi connectivity index (χ0v) is 19.3. The van der Waals surface area contributed by atoms with Crippen LogP contribution >= 0.6 is 11.3 Å². The lowest BCUT2D eigenvalue weighted by Crippen LogP contribution is -2.44. The predicted octanol–water partition coefficient (Wildman–Crippen LogP) is 3.64. The van der Waals surface area contributed by atoms with E-state index in [1.165, 1.54) is 9.18 Å². The molecule has 1 aliphatic heterocycles. The first-order chi connectivity index (χ1) is 14.5. The summed E-state index contributed by atoms with van der Waals surface area (Å²) in [6, 6.07) is 10.6. The Morgan fingerprint density at radius 1 is 1.10 bits per heavy atom. The standard InChI is InChI=1S/C22H30N2O4S2/c1-3-23(4-2)30(26,27)21-9-7-18(8-10-21)22(25)24(19-12-15-28-16-13-19)14-11-20-6-5-17-29-20/h5-10,17,19H,3-4,11-16H2,1-2H3. The van der Waals surface area contributed by atoms with Gasteiger partial charge in [-0.1, -0.05) is 19.9 Å². The van der Waals surface area contributed by atoms with Crippen molar-refractivity contribution in [3.05, 3.63) is 52.2 Å². The number of carbonyl (C=O) groups is 1. The van der Waals surface area contributed by atoms with Crippen molar-refractivity contribution in [2.24, 2.45) is 0 Å². The molecule has 3 rings (SSSR count). The molecule has 1 aromatic heterocycles. The van der Waals surface area contributed by atoms with Gasteiger partial charge in [-0.15, -0.1) is 11.3 Å². The monoisotopic (exact) mass is 450 g/mol. The molecule has 0 N–H and O–H groups in total. The summed E-state index contributed by atoms with van der Waals surface area (Å²) in [5, 5.41) is 2.05. The van der Waals surface area contributed by atoms with Gasteiger partial charge < -0.3 is 9.64 Å². The summed E-state index contributed by atoms with van der Waals surface area (Å²) in [7, 11) is -3.53. The van der Waals surface area contributed by atoms with E-state index in [9.17, 15) is 13.2 Å². The molecule has 30 heavy (non-hydrogen) atoms. The number of ether oxygens (including phenoxy) is 1. The van der Waals surface area contributed by atoms with E-state index in [-0.39, 0.29) is 16.8 Å². The van der Waals surface area contributed by atoms with Gasteiger partial charge in [0.25, 0.3) is 5.91 Å². The molecule has 0 saturated carbocycles. The van der Waals surface area contributed by atoms with Crippen molar-refractivity contribution in [1.82, 2.24) is 9.21 Å². The maximum Gasteiger partial charge on any atom is 0.254 e. The van der Waals surface area contributed by atoms with Gasteiger partial charge in [0.05, 0.1) is 4.90 Å². The van der Waals surface area contributed by atoms with Crippen LogP contribution in [0.2, 0.25) is 0 Å². The van der Waals surface area contributed by atoms with Crippen molar-refractivity contribution >= 4 is 27.3 Å². The third kappa shape index (κ3) is 5.29. The zero-order chi connectivity index (χ0) is 21.6. The molecule has 0 unspecified atom stereocenters. The smallest absolute Gasteiger partial charge is 0.254 e. The van der Waals surface area contributed by atoms with Crippen molar-refractivity contribution in [2.45, 2.75) is 44.0 Å². The second-order valence-corrected chi connectivity index (χ2v) is 10.3. The van der Waals surface area contributed by atoms with Gasteiger partial charge >= 0.3 is 0 Å². The van der Waals surface area contributed by atoms with Crippen LogP contribution in [-0.2, 0) is 21.2 Å². The summed E-state index contributed by atoms with van der Waals surface area (Å²) in [6.45, 7) is 6.43. The first kappa shape index (κ1) is 22.9. The Morgan fingerprint density at radius 3 is 2.33 bits per heavy atom. The number of sulfonamides is 1. The van der Waals surface area contributed by atoms with E-state index in [0.29, 0.717) is 38.4 Å². The van der Waals surface area contributed by atoms with Crippen molar-refractivity contribution < 1.29 is 17.9 Å². The number of thiophene rings is 1. The molecule has 1 aliphatic rings. The molecule has 0 radical (unpaired) electrons. The number of rotatable bonds is 9.